The molecule has 3 atom stereocenters. The molecule has 4 heteroatoms. The average Bonchev–Trinajstić information content (AvgIpc) is 3.24. The van der Waals surface area contributed by atoms with E-state index < -0.39 is 0 Å². The molecular weight excluding hydrogens is 262 g/mol. The van der Waals surface area contributed by atoms with Crippen LogP contribution in [0.25, 0.3) is 0 Å². The van der Waals surface area contributed by atoms with Gasteiger partial charge in [-0.1, -0.05) is 43.7 Å². The van der Waals surface area contributed by atoms with Gasteiger partial charge in [0.25, 0.3) is 0 Å². The number of hydrogen-bond acceptors (Lipinski definition) is 3. The predicted molar refractivity (Wildman–Crippen MR) is 83.4 cm³/mol. The quantitative estimate of drug-likeness (QED) is 0.752. The van der Waals surface area contributed by atoms with Crippen molar-refractivity contribution in [2.75, 3.05) is 0 Å². The molecule has 114 valence electrons. The highest BCUT2D eigenvalue weighted by atomic mass is 16.2. The normalized spacial score (nSPS) is 26.5. The van der Waals surface area contributed by atoms with Crippen molar-refractivity contribution in [3.8, 4) is 0 Å². The van der Waals surface area contributed by atoms with Gasteiger partial charge >= 0.3 is 0 Å². The molecule has 1 aromatic rings. The summed E-state index contributed by atoms with van der Waals surface area (Å²) in [4.78, 5) is 12.5. The number of benzene rings is 1. The van der Waals surface area contributed by atoms with Crippen LogP contribution in [-0.2, 0) is 4.79 Å². The van der Waals surface area contributed by atoms with Crippen molar-refractivity contribution >= 4 is 5.91 Å². The van der Waals surface area contributed by atoms with Crippen LogP contribution in [-0.4, -0.2) is 18.0 Å². The first kappa shape index (κ1) is 14.5. The lowest BCUT2D eigenvalue weighted by Gasteiger charge is -2.21. The van der Waals surface area contributed by atoms with Crippen LogP contribution < -0.4 is 16.2 Å². The maximum Gasteiger partial charge on any atom is 0.239 e. The van der Waals surface area contributed by atoms with E-state index in [2.05, 4.69) is 35.2 Å². The Morgan fingerprint density at radius 1 is 1.29 bits per heavy atom. The Kier molecular flexibility index (Phi) is 4.56. The van der Waals surface area contributed by atoms with E-state index >= 15 is 0 Å². The lowest BCUT2D eigenvalue weighted by Crippen LogP contribution is -2.45. The molecule has 1 heterocycles. The standard InChI is InChI=1S/C17H25N3O/c1-2-6-14-11-15(20-19-14)17(21)18-16(13-9-10-13)12-7-4-3-5-8-12/h3-5,7-8,13-16,19-20H,2,6,9-11H2,1H3,(H,18,21). The van der Waals surface area contributed by atoms with E-state index in [1.54, 1.807) is 0 Å². The molecule has 1 amide bonds. The third kappa shape index (κ3) is 3.63. The minimum absolute atomic E-state index is 0.105. The number of hydrogen-bond donors (Lipinski definition) is 3. The van der Waals surface area contributed by atoms with Crippen molar-refractivity contribution in [2.24, 2.45) is 5.92 Å². The van der Waals surface area contributed by atoms with Crippen LogP contribution in [0.1, 0.15) is 50.6 Å². The molecule has 1 saturated carbocycles. The summed E-state index contributed by atoms with van der Waals surface area (Å²) < 4.78 is 0. The summed E-state index contributed by atoms with van der Waals surface area (Å²) in [6.45, 7) is 2.17. The first-order valence-corrected chi connectivity index (χ1v) is 8.14. The zero-order chi connectivity index (χ0) is 14.7. The molecule has 1 aliphatic carbocycles. The molecule has 3 rings (SSSR count). The third-order valence-corrected chi connectivity index (χ3v) is 4.49. The summed E-state index contributed by atoms with van der Waals surface area (Å²) in [5.41, 5.74) is 7.61. The van der Waals surface area contributed by atoms with Gasteiger partial charge < -0.3 is 5.32 Å². The van der Waals surface area contributed by atoms with Crippen molar-refractivity contribution in [3.05, 3.63) is 35.9 Å². The number of nitrogens with one attached hydrogen (secondary N) is 3. The van der Waals surface area contributed by atoms with Crippen LogP contribution in [0, 0.1) is 5.92 Å². The van der Waals surface area contributed by atoms with E-state index in [4.69, 9.17) is 0 Å². The fourth-order valence-corrected chi connectivity index (χ4v) is 3.15. The van der Waals surface area contributed by atoms with Crippen LogP contribution in [0.3, 0.4) is 0 Å². The lowest BCUT2D eigenvalue weighted by atomic mass is 10.0. The Hall–Kier alpha value is -1.39. The zero-order valence-electron chi connectivity index (χ0n) is 12.6. The van der Waals surface area contributed by atoms with E-state index in [9.17, 15) is 4.79 Å². The predicted octanol–water partition coefficient (Wildman–Crippen LogP) is 2.29. The van der Waals surface area contributed by atoms with Crippen LogP contribution in [0.5, 0.6) is 0 Å². The van der Waals surface area contributed by atoms with E-state index in [0.717, 1.165) is 19.3 Å². The van der Waals surface area contributed by atoms with Gasteiger partial charge in [0.1, 0.15) is 6.04 Å². The molecule has 21 heavy (non-hydrogen) atoms. The first-order chi connectivity index (χ1) is 10.3. The Morgan fingerprint density at radius 2 is 2.05 bits per heavy atom. The fraction of sp³-hybridized carbons (Fsp3) is 0.588. The van der Waals surface area contributed by atoms with Crippen molar-refractivity contribution in [2.45, 2.75) is 57.2 Å². The Balaban J connectivity index is 1.60. The summed E-state index contributed by atoms with van der Waals surface area (Å²) in [6.07, 6.45) is 5.57. The Morgan fingerprint density at radius 3 is 2.71 bits per heavy atom. The summed E-state index contributed by atoms with van der Waals surface area (Å²) in [5, 5.41) is 3.26. The van der Waals surface area contributed by atoms with Gasteiger partial charge in [-0.2, -0.15) is 0 Å². The summed E-state index contributed by atoms with van der Waals surface area (Å²) in [5.74, 6) is 0.735. The second kappa shape index (κ2) is 6.58. The molecule has 1 aliphatic heterocycles. The number of carbonyl (C=O) groups is 1. The zero-order valence-corrected chi connectivity index (χ0v) is 12.6. The highest BCUT2D eigenvalue weighted by molar-refractivity contribution is 5.82. The number of rotatable bonds is 6. The molecule has 0 bridgehead atoms. The molecule has 2 fully saturated rings. The van der Waals surface area contributed by atoms with Crippen LogP contribution >= 0.6 is 0 Å². The molecule has 3 N–H and O–H groups in total. The Labute approximate surface area is 126 Å². The maximum absolute atomic E-state index is 12.5. The number of amides is 1. The number of hydrazine groups is 1. The van der Waals surface area contributed by atoms with Crippen LogP contribution in [0.2, 0.25) is 0 Å². The largest absolute Gasteiger partial charge is 0.348 e. The van der Waals surface area contributed by atoms with Gasteiger partial charge in [-0.15, -0.1) is 0 Å². The van der Waals surface area contributed by atoms with Crippen molar-refractivity contribution < 1.29 is 4.79 Å². The number of carbonyl (C=O) groups excluding carboxylic acids is 1. The first-order valence-electron chi connectivity index (χ1n) is 8.14. The van der Waals surface area contributed by atoms with Crippen molar-refractivity contribution in [1.82, 2.24) is 16.2 Å². The molecule has 1 saturated heterocycles. The van der Waals surface area contributed by atoms with Gasteiger partial charge in [-0.25, -0.2) is 5.43 Å². The Bertz CT molecular complexity index is 472. The molecule has 2 aliphatic rings. The minimum atomic E-state index is -0.105. The monoisotopic (exact) mass is 287 g/mol. The van der Waals surface area contributed by atoms with E-state index in [1.807, 2.05) is 18.2 Å². The molecule has 3 unspecified atom stereocenters. The second-order valence-corrected chi connectivity index (χ2v) is 6.30. The molecule has 0 aromatic heterocycles. The van der Waals surface area contributed by atoms with Gasteiger partial charge in [-0.05, 0) is 37.2 Å². The summed E-state index contributed by atoms with van der Waals surface area (Å²) in [7, 11) is 0. The SMILES string of the molecule is CCCC1CC(C(=O)NC(c2ccccc2)C2CC2)NN1. The molecule has 0 spiro atoms. The second-order valence-electron chi connectivity index (χ2n) is 6.30. The van der Waals surface area contributed by atoms with Crippen molar-refractivity contribution in [1.29, 1.82) is 0 Å². The smallest absolute Gasteiger partial charge is 0.239 e. The van der Waals surface area contributed by atoms with Gasteiger partial charge in [-0.3, -0.25) is 10.2 Å². The maximum atomic E-state index is 12.5. The lowest BCUT2D eigenvalue weighted by molar-refractivity contribution is -0.123. The van der Waals surface area contributed by atoms with E-state index in [-0.39, 0.29) is 18.0 Å². The summed E-state index contributed by atoms with van der Waals surface area (Å²) >= 11 is 0. The molecule has 0 radical (unpaired) electrons. The average molecular weight is 287 g/mol. The minimum Gasteiger partial charge on any atom is -0.348 e. The summed E-state index contributed by atoms with van der Waals surface area (Å²) in [6, 6.07) is 10.8. The fourth-order valence-electron chi connectivity index (χ4n) is 3.15. The topological polar surface area (TPSA) is 53.2 Å². The highest BCUT2D eigenvalue weighted by Gasteiger charge is 2.36. The van der Waals surface area contributed by atoms with Gasteiger partial charge in [0, 0.05) is 6.04 Å². The third-order valence-electron chi connectivity index (χ3n) is 4.49. The highest BCUT2D eigenvalue weighted by Crippen LogP contribution is 2.41. The molecular formula is C17H25N3O. The molecule has 4 nitrogen and oxygen atoms in total. The van der Waals surface area contributed by atoms with E-state index in [0.29, 0.717) is 12.0 Å². The van der Waals surface area contributed by atoms with Crippen LogP contribution in [0.4, 0.5) is 0 Å². The van der Waals surface area contributed by atoms with Gasteiger partial charge in [0.05, 0.1) is 6.04 Å². The van der Waals surface area contributed by atoms with Gasteiger partial charge in [0.15, 0.2) is 0 Å². The van der Waals surface area contributed by atoms with Crippen molar-refractivity contribution in [3.63, 3.8) is 0 Å². The van der Waals surface area contributed by atoms with Crippen LogP contribution in [0.15, 0.2) is 30.3 Å². The van der Waals surface area contributed by atoms with E-state index in [1.165, 1.54) is 18.4 Å². The molecule has 1 aromatic carbocycles. The van der Waals surface area contributed by atoms with Gasteiger partial charge in [0.2, 0.25) is 5.91 Å².